The fourth-order valence-electron chi connectivity index (χ4n) is 7.81. The van der Waals surface area contributed by atoms with Crippen LogP contribution in [-0.4, -0.2) is 58.4 Å². The number of rotatable bonds is 6. The number of hydrogen-bond donors (Lipinski definition) is 3. The zero-order chi connectivity index (χ0) is 28.7. The summed E-state index contributed by atoms with van der Waals surface area (Å²) in [6.07, 6.45) is 1.66. The molecule has 2 saturated heterocycles. The van der Waals surface area contributed by atoms with Gasteiger partial charge in [-0.1, -0.05) is 32.9 Å². The van der Waals surface area contributed by atoms with Crippen molar-refractivity contribution in [1.82, 2.24) is 15.5 Å². The van der Waals surface area contributed by atoms with Crippen molar-refractivity contribution in [3.63, 3.8) is 0 Å². The monoisotopic (exact) mass is 549 g/mol. The molecule has 0 aromatic heterocycles. The van der Waals surface area contributed by atoms with Crippen molar-refractivity contribution in [2.45, 2.75) is 76.2 Å². The maximum Gasteiger partial charge on any atom is 0.471 e. The molecule has 39 heavy (non-hydrogen) atoms. The van der Waals surface area contributed by atoms with Crippen LogP contribution in [0.25, 0.3) is 0 Å². The molecule has 8 atom stereocenters. The molecule has 2 aliphatic heterocycles. The van der Waals surface area contributed by atoms with Crippen molar-refractivity contribution in [1.29, 1.82) is 5.26 Å². The topological polar surface area (TPSA) is 145 Å². The molecule has 0 radical (unpaired) electrons. The first kappa shape index (κ1) is 27.5. The van der Waals surface area contributed by atoms with Gasteiger partial charge in [0.05, 0.1) is 12.0 Å². The Hall–Kier alpha value is -3.10. The van der Waals surface area contributed by atoms with Gasteiger partial charge >= 0.3 is 12.1 Å². The van der Waals surface area contributed by atoms with Gasteiger partial charge in [0.15, 0.2) is 0 Å². The molecule has 0 aromatic rings. The molecule has 12 heteroatoms. The van der Waals surface area contributed by atoms with E-state index in [0.29, 0.717) is 6.42 Å². The van der Waals surface area contributed by atoms with Crippen molar-refractivity contribution >= 4 is 23.6 Å². The summed E-state index contributed by atoms with van der Waals surface area (Å²) in [5.74, 6) is -6.85. The van der Waals surface area contributed by atoms with Crippen LogP contribution in [0.2, 0.25) is 0 Å². The third-order valence-corrected chi connectivity index (χ3v) is 9.73. The minimum atomic E-state index is -5.22. The van der Waals surface area contributed by atoms with E-state index in [1.807, 2.05) is 17.5 Å². The largest absolute Gasteiger partial charge is 0.471 e. The molecular weight excluding hydrogens is 515 g/mol. The first-order valence-corrected chi connectivity index (χ1v) is 13.4. The highest BCUT2D eigenvalue weighted by Gasteiger charge is 2.70. The van der Waals surface area contributed by atoms with Crippen LogP contribution in [0.4, 0.5) is 13.2 Å². The van der Waals surface area contributed by atoms with Crippen LogP contribution in [0.5, 0.6) is 0 Å². The number of allylic oxidation sites excluding steroid dienone is 2. The Balaban J connectivity index is 1.56. The van der Waals surface area contributed by atoms with Gasteiger partial charge in [-0.25, -0.2) is 0 Å². The normalized spacial score (nSPS) is 35.4. The summed E-state index contributed by atoms with van der Waals surface area (Å²) in [5.41, 5.74) is 2.82. The fraction of sp³-hybridized carbons (Fsp3) is 0.741. The van der Waals surface area contributed by atoms with E-state index in [-0.39, 0.29) is 42.2 Å². The highest BCUT2D eigenvalue weighted by Crippen LogP contribution is 2.61. The number of halogens is 3. The predicted octanol–water partition coefficient (Wildman–Crippen LogP) is 1.78. The standard InChI is InChI=1S/C27H34F3N5O4/c1-24(2,3)19(33-23(39)27(28,29)30)21(37)35-12-17-13-4-5-14(8-13)18(17)26(35,22(32)38)16(11-31)9-15-10-25(6-7-25)34-20(15)36/h4-5,13-19H,6-10,12H2,1-3H3,(H2,32,38)(H,33,39)(H,34,36)/t13?,14?,15-,16-,17?,18?,19-,26?/m1/s1. The van der Waals surface area contributed by atoms with Crippen molar-refractivity contribution < 1.29 is 32.3 Å². The molecule has 5 aliphatic rings. The van der Waals surface area contributed by atoms with Crippen LogP contribution >= 0.6 is 0 Å². The molecule has 5 unspecified atom stereocenters. The Morgan fingerprint density at radius 3 is 2.38 bits per heavy atom. The van der Waals surface area contributed by atoms with E-state index in [9.17, 15) is 37.6 Å². The first-order chi connectivity index (χ1) is 18.0. The quantitative estimate of drug-likeness (QED) is 0.433. The summed E-state index contributed by atoms with van der Waals surface area (Å²) in [6, 6.07) is 0.555. The molecule has 4 amide bonds. The number of amides is 4. The second-order valence-corrected chi connectivity index (χ2v) is 13.1. The Morgan fingerprint density at radius 1 is 1.23 bits per heavy atom. The third-order valence-electron chi connectivity index (χ3n) is 9.73. The smallest absolute Gasteiger partial charge is 0.368 e. The number of alkyl halides is 3. The van der Waals surface area contributed by atoms with Crippen LogP contribution in [0, 0.1) is 52.3 Å². The molecule has 2 heterocycles. The van der Waals surface area contributed by atoms with Crippen LogP contribution in [0.1, 0.15) is 52.9 Å². The number of nitrogens with two attached hydrogens (primary N) is 1. The van der Waals surface area contributed by atoms with Gasteiger partial charge in [0.2, 0.25) is 17.7 Å². The molecule has 2 bridgehead atoms. The Morgan fingerprint density at radius 2 is 1.87 bits per heavy atom. The summed E-state index contributed by atoms with van der Waals surface area (Å²) < 4.78 is 39.7. The molecule has 4 fully saturated rings. The SMILES string of the molecule is CC(C)(C)[C@H](NC(=O)C(F)(F)F)C(=O)N1CC2C3C=CC(C3)C2C1(C(N)=O)[C@@H](C#N)C[C@@H]1CC2(CC2)NC1=O. The number of hydrogen-bond acceptors (Lipinski definition) is 5. The number of nitrogens with zero attached hydrogens (tertiary/aromatic N) is 2. The minimum absolute atomic E-state index is 0.00375. The van der Waals surface area contributed by atoms with E-state index < -0.39 is 58.6 Å². The van der Waals surface area contributed by atoms with E-state index in [1.165, 1.54) is 25.7 Å². The van der Waals surface area contributed by atoms with Gasteiger partial charge in [-0.15, -0.1) is 0 Å². The lowest BCUT2D eigenvalue weighted by atomic mass is 9.65. The third kappa shape index (κ3) is 4.19. The molecule has 1 spiro atoms. The molecular formula is C27H34F3N5O4. The summed E-state index contributed by atoms with van der Waals surface area (Å²) in [4.78, 5) is 53.8. The van der Waals surface area contributed by atoms with Crippen molar-refractivity contribution in [3.05, 3.63) is 12.2 Å². The molecule has 5 rings (SSSR count). The zero-order valence-corrected chi connectivity index (χ0v) is 22.2. The van der Waals surface area contributed by atoms with Crippen molar-refractivity contribution in [2.75, 3.05) is 6.54 Å². The average Bonchev–Trinajstić information content (AvgIpc) is 3.17. The van der Waals surface area contributed by atoms with Gasteiger partial charge in [-0.2, -0.15) is 18.4 Å². The number of likely N-dealkylation sites (tertiary alicyclic amines) is 1. The number of nitrogens with one attached hydrogen (secondary N) is 2. The Labute approximate surface area is 224 Å². The van der Waals surface area contributed by atoms with Crippen LogP contribution in [-0.2, 0) is 19.2 Å². The Kier molecular flexibility index (Phi) is 6.13. The minimum Gasteiger partial charge on any atom is -0.368 e. The van der Waals surface area contributed by atoms with Gasteiger partial charge in [-0.3, -0.25) is 19.2 Å². The lowest BCUT2D eigenvalue weighted by Crippen LogP contribution is -2.68. The fourth-order valence-corrected chi connectivity index (χ4v) is 7.81. The van der Waals surface area contributed by atoms with Crippen molar-refractivity contribution in [3.8, 4) is 6.07 Å². The zero-order valence-electron chi connectivity index (χ0n) is 22.2. The Bertz CT molecular complexity index is 1180. The highest BCUT2D eigenvalue weighted by atomic mass is 19.4. The van der Waals surface area contributed by atoms with Gasteiger partial charge in [0.1, 0.15) is 11.6 Å². The highest BCUT2D eigenvalue weighted by molar-refractivity contribution is 5.97. The predicted molar refractivity (Wildman–Crippen MR) is 131 cm³/mol. The average molecular weight is 550 g/mol. The molecule has 9 nitrogen and oxygen atoms in total. The molecule has 212 valence electrons. The summed E-state index contributed by atoms with van der Waals surface area (Å²) in [5, 5.41) is 15.3. The number of nitriles is 1. The van der Waals surface area contributed by atoms with E-state index >= 15 is 0 Å². The summed E-state index contributed by atoms with van der Waals surface area (Å²) >= 11 is 0. The molecule has 4 N–H and O–H groups in total. The van der Waals surface area contributed by atoms with Gasteiger partial charge in [0, 0.05) is 23.9 Å². The maximum absolute atomic E-state index is 14.2. The molecule has 3 aliphatic carbocycles. The molecule has 2 saturated carbocycles. The van der Waals surface area contributed by atoms with Crippen LogP contribution < -0.4 is 16.4 Å². The summed E-state index contributed by atoms with van der Waals surface area (Å²) in [6.45, 7) is 4.56. The van der Waals surface area contributed by atoms with E-state index in [1.54, 1.807) is 0 Å². The molecule has 0 aromatic carbocycles. The first-order valence-electron chi connectivity index (χ1n) is 13.4. The maximum atomic E-state index is 14.2. The van der Waals surface area contributed by atoms with Crippen molar-refractivity contribution in [2.24, 2.45) is 46.7 Å². The van der Waals surface area contributed by atoms with E-state index in [4.69, 9.17) is 5.73 Å². The van der Waals surface area contributed by atoms with E-state index in [0.717, 1.165) is 19.3 Å². The lowest BCUT2D eigenvalue weighted by Gasteiger charge is -2.46. The van der Waals surface area contributed by atoms with Gasteiger partial charge < -0.3 is 21.3 Å². The van der Waals surface area contributed by atoms with Crippen LogP contribution in [0.15, 0.2) is 12.2 Å². The number of carbonyl (C=O) groups is 4. The lowest BCUT2D eigenvalue weighted by molar-refractivity contribution is -0.176. The number of primary amides is 1. The number of carbonyl (C=O) groups excluding carboxylic acids is 4. The van der Waals surface area contributed by atoms with Gasteiger partial charge in [0.25, 0.3) is 0 Å². The second-order valence-electron chi connectivity index (χ2n) is 13.1. The number of fused-ring (bicyclic) bond motifs is 5. The van der Waals surface area contributed by atoms with E-state index in [2.05, 4.69) is 11.4 Å². The van der Waals surface area contributed by atoms with Gasteiger partial charge in [-0.05, 0) is 55.3 Å². The summed E-state index contributed by atoms with van der Waals surface area (Å²) in [7, 11) is 0. The van der Waals surface area contributed by atoms with Crippen LogP contribution in [0.3, 0.4) is 0 Å². The second kappa shape index (κ2) is 8.70.